The van der Waals surface area contributed by atoms with Crippen molar-refractivity contribution >= 4 is 11.9 Å². The summed E-state index contributed by atoms with van der Waals surface area (Å²) in [5, 5.41) is 0. The Bertz CT molecular complexity index is 1010. The van der Waals surface area contributed by atoms with Gasteiger partial charge in [-0.25, -0.2) is 4.79 Å². The van der Waals surface area contributed by atoms with Crippen molar-refractivity contribution in [2.45, 2.75) is 32.5 Å². The van der Waals surface area contributed by atoms with E-state index in [1.807, 2.05) is 60.7 Å². The van der Waals surface area contributed by atoms with E-state index in [1.54, 1.807) is 4.90 Å². The molecule has 0 unspecified atom stereocenters. The van der Waals surface area contributed by atoms with Crippen LogP contribution < -0.4 is 4.74 Å². The summed E-state index contributed by atoms with van der Waals surface area (Å²) in [6, 6.07) is 23.1. The second kappa shape index (κ2) is 10.7. The minimum absolute atomic E-state index is 0.00171. The van der Waals surface area contributed by atoms with E-state index in [-0.39, 0.29) is 5.56 Å². The third kappa shape index (κ3) is 7.38. The molecule has 3 aromatic rings. The molecule has 0 fully saturated rings. The Labute approximate surface area is 189 Å². The molecule has 1 atom stereocenters. The summed E-state index contributed by atoms with van der Waals surface area (Å²) < 4.78 is 46.0. The molecule has 0 heterocycles. The van der Waals surface area contributed by atoms with Gasteiger partial charge in [0.15, 0.2) is 6.10 Å². The van der Waals surface area contributed by atoms with Crippen LogP contribution in [0.1, 0.15) is 28.4 Å². The minimum Gasteiger partial charge on any atom is -0.449 e. The number of benzene rings is 3. The summed E-state index contributed by atoms with van der Waals surface area (Å²) in [5.41, 5.74) is 1.84. The number of alkyl halides is 3. The molecule has 0 aliphatic rings. The van der Waals surface area contributed by atoms with E-state index < -0.39 is 30.1 Å². The fourth-order valence-electron chi connectivity index (χ4n) is 3.15. The first-order valence-corrected chi connectivity index (χ1v) is 10.1. The fraction of sp³-hybridized carbons (Fsp3) is 0.200. The Balaban J connectivity index is 1.69. The van der Waals surface area contributed by atoms with E-state index in [0.717, 1.165) is 35.4 Å². The first-order valence-electron chi connectivity index (χ1n) is 10.1. The van der Waals surface area contributed by atoms with Crippen molar-refractivity contribution in [2.75, 3.05) is 0 Å². The average molecular weight is 457 g/mol. The number of esters is 1. The zero-order chi connectivity index (χ0) is 23.8. The number of ether oxygens (including phenoxy) is 2. The third-order valence-corrected chi connectivity index (χ3v) is 4.70. The lowest BCUT2D eigenvalue weighted by Gasteiger charge is -2.26. The molecule has 0 bridgehead atoms. The van der Waals surface area contributed by atoms with E-state index in [1.165, 1.54) is 6.92 Å². The van der Waals surface area contributed by atoms with E-state index in [2.05, 4.69) is 4.74 Å². The van der Waals surface area contributed by atoms with Gasteiger partial charge >= 0.3 is 12.3 Å². The highest BCUT2D eigenvalue weighted by Crippen LogP contribution is 2.23. The zero-order valence-electron chi connectivity index (χ0n) is 17.8. The molecule has 0 aromatic heterocycles. The molecule has 0 saturated carbocycles. The minimum atomic E-state index is -4.83. The lowest BCUT2D eigenvalue weighted by molar-refractivity contribution is -0.274. The number of hydrogen-bond acceptors (Lipinski definition) is 4. The van der Waals surface area contributed by atoms with Crippen molar-refractivity contribution in [3.63, 3.8) is 0 Å². The Morgan fingerprint density at radius 2 is 1.30 bits per heavy atom. The summed E-state index contributed by atoms with van der Waals surface area (Å²) in [6.45, 7) is 2.10. The molecular weight excluding hydrogens is 435 g/mol. The second-order valence-electron chi connectivity index (χ2n) is 7.29. The number of carbonyl (C=O) groups excluding carboxylic acids is 2. The molecule has 0 aliphatic carbocycles. The van der Waals surface area contributed by atoms with Gasteiger partial charge in [-0.3, -0.25) is 4.79 Å². The molecule has 0 N–H and O–H groups in total. The molecule has 3 rings (SSSR count). The van der Waals surface area contributed by atoms with Crippen LogP contribution in [0.25, 0.3) is 0 Å². The normalized spacial score (nSPS) is 12.0. The second-order valence-corrected chi connectivity index (χ2v) is 7.29. The first-order chi connectivity index (χ1) is 15.7. The van der Waals surface area contributed by atoms with Gasteiger partial charge in [0.1, 0.15) is 5.75 Å². The lowest BCUT2D eigenvalue weighted by Crippen LogP contribution is -2.39. The fourth-order valence-corrected chi connectivity index (χ4v) is 3.15. The molecule has 8 heteroatoms. The molecule has 1 amide bonds. The molecule has 5 nitrogen and oxygen atoms in total. The van der Waals surface area contributed by atoms with Gasteiger partial charge < -0.3 is 14.4 Å². The van der Waals surface area contributed by atoms with Gasteiger partial charge in [0.25, 0.3) is 5.91 Å². The monoisotopic (exact) mass is 457 g/mol. The van der Waals surface area contributed by atoms with Gasteiger partial charge in [-0.2, -0.15) is 0 Å². The first kappa shape index (κ1) is 23.8. The van der Waals surface area contributed by atoms with E-state index >= 15 is 0 Å². The number of carbonyl (C=O) groups is 2. The van der Waals surface area contributed by atoms with Crippen molar-refractivity contribution in [3.05, 3.63) is 102 Å². The number of nitrogens with zero attached hydrogens (tertiary/aromatic N) is 1. The maximum Gasteiger partial charge on any atom is 0.573 e. The summed E-state index contributed by atoms with van der Waals surface area (Å²) >= 11 is 0. The van der Waals surface area contributed by atoms with Gasteiger partial charge in [0.2, 0.25) is 0 Å². The average Bonchev–Trinajstić information content (AvgIpc) is 2.79. The van der Waals surface area contributed by atoms with Crippen LogP contribution in [0.2, 0.25) is 0 Å². The Hall–Kier alpha value is -3.81. The van der Waals surface area contributed by atoms with Crippen LogP contribution in [0.4, 0.5) is 13.2 Å². The molecule has 0 spiro atoms. The molecular formula is C25H22F3NO4. The van der Waals surface area contributed by atoms with Gasteiger partial charge in [-0.15, -0.1) is 13.2 Å². The molecule has 3 aromatic carbocycles. The van der Waals surface area contributed by atoms with Crippen LogP contribution in [0.3, 0.4) is 0 Å². The highest BCUT2D eigenvalue weighted by Gasteiger charge is 2.31. The molecule has 0 saturated heterocycles. The largest absolute Gasteiger partial charge is 0.573 e. The van der Waals surface area contributed by atoms with Gasteiger partial charge in [0, 0.05) is 13.1 Å². The van der Waals surface area contributed by atoms with Gasteiger partial charge in [-0.1, -0.05) is 60.7 Å². The highest BCUT2D eigenvalue weighted by molar-refractivity contribution is 5.92. The highest BCUT2D eigenvalue weighted by atomic mass is 19.4. The summed E-state index contributed by atoms with van der Waals surface area (Å²) in [4.78, 5) is 27.2. The van der Waals surface area contributed by atoms with Crippen LogP contribution in [0.5, 0.6) is 5.75 Å². The Morgan fingerprint density at radius 1 is 0.818 bits per heavy atom. The van der Waals surface area contributed by atoms with Gasteiger partial charge in [-0.05, 0) is 42.3 Å². The zero-order valence-corrected chi connectivity index (χ0v) is 17.8. The van der Waals surface area contributed by atoms with E-state index in [4.69, 9.17) is 4.74 Å². The quantitative estimate of drug-likeness (QED) is 0.428. The predicted molar refractivity (Wildman–Crippen MR) is 115 cm³/mol. The standard InChI is InChI=1S/C25H22F3NO4/c1-18(32-24(31)21-12-14-22(15-13-21)33-25(26,27)28)23(30)29(16-19-8-4-2-5-9-19)17-20-10-6-3-7-11-20/h2-15,18H,16-17H2,1H3/t18-/m1/s1. The number of amides is 1. The molecule has 33 heavy (non-hydrogen) atoms. The summed E-state index contributed by atoms with van der Waals surface area (Å²) in [7, 11) is 0. The van der Waals surface area contributed by atoms with Crippen molar-refractivity contribution in [1.82, 2.24) is 4.90 Å². The van der Waals surface area contributed by atoms with Crippen molar-refractivity contribution in [3.8, 4) is 5.75 Å². The van der Waals surface area contributed by atoms with Crippen LogP contribution in [-0.2, 0) is 22.6 Å². The van der Waals surface area contributed by atoms with Crippen LogP contribution in [0.15, 0.2) is 84.9 Å². The van der Waals surface area contributed by atoms with Gasteiger partial charge in [0.05, 0.1) is 5.56 Å². The topological polar surface area (TPSA) is 55.8 Å². The number of rotatable bonds is 8. The smallest absolute Gasteiger partial charge is 0.449 e. The summed E-state index contributed by atoms with van der Waals surface area (Å²) in [6.07, 6.45) is -5.93. The van der Waals surface area contributed by atoms with Crippen molar-refractivity contribution < 1.29 is 32.2 Å². The van der Waals surface area contributed by atoms with Crippen molar-refractivity contribution in [2.24, 2.45) is 0 Å². The molecule has 0 aliphatic heterocycles. The number of halogens is 3. The Morgan fingerprint density at radius 3 is 1.76 bits per heavy atom. The van der Waals surface area contributed by atoms with E-state index in [0.29, 0.717) is 13.1 Å². The summed E-state index contributed by atoms with van der Waals surface area (Å²) in [5.74, 6) is -1.68. The maximum atomic E-state index is 13.1. The van der Waals surface area contributed by atoms with Crippen molar-refractivity contribution in [1.29, 1.82) is 0 Å². The van der Waals surface area contributed by atoms with Crippen LogP contribution in [0, 0.1) is 0 Å². The SMILES string of the molecule is C[C@@H](OC(=O)c1ccc(OC(F)(F)F)cc1)C(=O)N(Cc1ccccc1)Cc1ccccc1. The number of hydrogen-bond donors (Lipinski definition) is 0. The third-order valence-electron chi connectivity index (χ3n) is 4.70. The molecule has 172 valence electrons. The molecule has 0 radical (unpaired) electrons. The predicted octanol–water partition coefficient (Wildman–Crippen LogP) is 5.36. The van der Waals surface area contributed by atoms with E-state index in [9.17, 15) is 22.8 Å². The maximum absolute atomic E-state index is 13.1. The van der Waals surface area contributed by atoms with Crippen LogP contribution >= 0.6 is 0 Å². The lowest BCUT2D eigenvalue weighted by atomic mass is 10.1. The van der Waals surface area contributed by atoms with Crippen LogP contribution in [-0.4, -0.2) is 29.2 Å². The Kier molecular flexibility index (Phi) is 7.71.